The fourth-order valence-corrected chi connectivity index (χ4v) is 1.69. The highest BCUT2D eigenvalue weighted by Gasteiger charge is 2.00. The third kappa shape index (κ3) is 7.13. The van der Waals surface area contributed by atoms with E-state index in [4.69, 9.17) is 9.47 Å². The van der Waals surface area contributed by atoms with Crippen LogP contribution in [0.15, 0.2) is 18.2 Å². The molecule has 19 heavy (non-hydrogen) atoms. The molecule has 0 heterocycles. The lowest BCUT2D eigenvalue weighted by Crippen LogP contribution is -2.22. The fraction of sp³-hybridized carbons (Fsp3) is 0.600. The first-order valence-electron chi connectivity index (χ1n) is 6.91. The van der Waals surface area contributed by atoms with Crippen LogP contribution in [0.25, 0.3) is 0 Å². The smallest absolute Gasteiger partial charge is 0.126 e. The van der Waals surface area contributed by atoms with Crippen molar-refractivity contribution in [2.24, 2.45) is 0 Å². The molecule has 1 aromatic carbocycles. The summed E-state index contributed by atoms with van der Waals surface area (Å²) in [6.07, 6.45) is 2.17. The Balaban J connectivity index is 2.03. The van der Waals surface area contributed by atoms with E-state index in [0.29, 0.717) is 12.4 Å². The molecule has 0 atom stereocenters. The molecule has 0 aromatic heterocycles. The van der Waals surface area contributed by atoms with Gasteiger partial charge in [-0.2, -0.15) is 0 Å². The molecule has 0 saturated heterocycles. The molecule has 0 radical (unpaired) electrons. The Morgan fingerprint density at radius 1 is 1.16 bits per heavy atom. The van der Waals surface area contributed by atoms with Gasteiger partial charge >= 0.3 is 0 Å². The highest BCUT2D eigenvalue weighted by Crippen LogP contribution is 2.18. The monoisotopic (exact) mass is 269 g/mol. The molecular weight excluding hydrogens is 245 g/mol. The molecule has 0 aliphatic carbocycles. The number of hydrogen-bond acceptors (Lipinski definition) is 3. The topological polar surface area (TPSA) is 30.5 Å². The second-order valence-corrected chi connectivity index (χ2v) is 4.41. The number of rotatable bonds is 10. The minimum absolute atomic E-state index is 0.260. The summed E-state index contributed by atoms with van der Waals surface area (Å²) in [5.74, 6) is 0.364. The van der Waals surface area contributed by atoms with Crippen molar-refractivity contribution in [2.45, 2.75) is 26.7 Å². The van der Waals surface area contributed by atoms with Gasteiger partial charge in [-0.3, -0.25) is 0 Å². The van der Waals surface area contributed by atoms with Crippen LogP contribution in [0, 0.1) is 12.7 Å². The van der Waals surface area contributed by atoms with E-state index in [1.165, 1.54) is 12.1 Å². The lowest BCUT2D eigenvalue weighted by molar-refractivity contribution is 0.143. The van der Waals surface area contributed by atoms with Gasteiger partial charge in [-0.15, -0.1) is 0 Å². The van der Waals surface area contributed by atoms with Gasteiger partial charge in [0.1, 0.15) is 18.2 Å². The van der Waals surface area contributed by atoms with Crippen molar-refractivity contribution in [3.8, 4) is 5.75 Å². The van der Waals surface area contributed by atoms with Gasteiger partial charge in [0.15, 0.2) is 0 Å². The van der Waals surface area contributed by atoms with Gasteiger partial charge < -0.3 is 14.8 Å². The molecule has 1 aromatic rings. The molecule has 0 fully saturated rings. The predicted octanol–water partition coefficient (Wildman–Crippen LogP) is 2.92. The second kappa shape index (κ2) is 9.75. The Morgan fingerprint density at radius 2 is 2.00 bits per heavy atom. The third-order valence-corrected chi connectivity index (χ3v) is 2.78. The van der Waals surface area contributed by atoms with Gasteiger partial charge in [-0.25, -0.2) is 4.39 Å². The third-order valence-electron chi connectivity index (χ3n) is 2.78. The zero-order chi connectivity index (χ0) is 13.9. The minimum Gasteiger partial charge on any atom is -0.492 e. The van der Waals surface area contributed by atoms with Crippen LogP contribution >= 0.6 is 0 Å². The van der Waals surface area contributed by atoms with Crippen LogP contribution in [0.1, 0.15) is 25.3 Å². The summed E-state index contributed by atoms with van der Waals surface area (Å²) in [5.41, 5.74) is 0.957. The average Bonchev–Trinajstić information content (AvgIpc) is 2.40. The van der Waals surface area contributed by atoms with Crippen LogP contribution in [-0.2, 0) is 4.74 Å². The number of unbranched alkanes of at least 4 members (excludes halogenated alkanes) is 1. The number of nitrogens with one attached hydrogen (secondary N) is 1. The Labute approximate surface area is 115 Å². The summed E-state index contributed by atoms with van der Waals surface area (Å²) in [7, 11) is 0. The number of halogens is 1. The summed E-state index contributed by atoms with van der Waals surface area (Å²) < 4.78 is 23.8. The number of ether oxygens (including phenoxy) is 2. The van der Waals surface area contributed by atoms with Crippen molar-refractivity contribution in [1.82, 2.24) is 5.32 Å². The van der Waals surface area contributed by atoms with E-state index in [-0.39, 0.29) is 5.82 Å². The van der Waals surface area contributed by atoms with Crippen LogP contribution < -0.4 is 10.1 Å². The highest BCUT2D eigenvalue weighted by atomic mass is 19.1. The molecule has 0 amide bonds. The standard InChI is InChI=1S/C15H24FNO2/c1-3-18-10-5-4-8-17-9-11-19-15-12-14(16)7-6-13(15)2/h6-7,12,17H,3-5,8-11H2,1-2H3. The molecule has 108 valence electrons. The largest absolute Gasteiger partial charge is 0.492 e. The van der Waals surface area contributed by atoms with Crippen LogP contribution in [0.2, 0.25) is 0 Å². The number of hydrogen-bond donors (Lipinski definition) is 1. The Kier molecular flexibility index (Phi) is 8.18. The first-order chi connectivity index (χ1) is 9.24. The molecule has 4 heteroatoms. The van der Waals surface area contributed by atoms with Gasteiger partial charge in [0.25, 0.3) is 0 Å². The van der Waals surface area contributed by atoms with Gasteiger partial charge in [0.2, 0.25) is 0 Å². The molecular formula is C15H24FNO2. The van der Waals surface area contributed by atoms with E-state index in [1.54, 1.807) is 6.07 Å². The molecule has 0 unspecified atom stereocenters. The lowest BCUT2D eigenvalue weighted by Gasteiger charge is -2.10. The normalized spacial score (nSPS) is 10.7. The van der Waals surface area contributed by atoms with Gasteiger partial charge in [-0.05, 0) is 44.9 Å². The second-order valence-electron chi connectivity index (χ2n) is 4.41. The lowest BCUT2D eigenvalue weighted by atomic mass is 10.2. The highest BCUT2D eigenvalue weighted by molar-refractivity contribution is 5.32. The first-order valence-corrected chi connectivity index (χ1v) is 6.91. The maximum absolute atomic E-state index is 13.0. The average molecular weight is 269 g/mol. The van der Waals surface area contributed by atoms with Crippen molar-refractivity contribution >= 4 is 0 Å². The number of benzene rings is 1. The predicted molar refractivity (Wildman–Crippen MR) is 75.2 cm³/mol. The molecule has 0 aliphatic rings. The fourth-order valence-electron chi connectivity index (χ4n) is 1.69. The zero-order valence-electron chi connectivity index (χ0n) is 11.9. The van der Waals surface area contributed by atoms with E-state index in [1.807, 2.05) is 13.8 Å². The van der Waals surface area contributed by atoms with E-state index < -0.39 is 0 Å². The summed E-state index contributed by atoms with van der Waals surface area (Å²) in [6, 6.07) is 4.60. The van der Waals surface area contributed by atoms with Crippen LogP contribution in [-0.4, -0.2) is 32.9 Å². The van der Waals surface area contributed by atoms with Crippen molar-refractivity contribution < 1.29 is 13.9 Å². The summed E-state index contributed by atoms with van der Waals surface area (Å²) >= 11 is 0. The molecule has 0 aliphatic heterocycles. The molecule has 0 spiro atoms. The zero-order valence-corrected chi connectivity index (χ0v) is 11.9. The summed E-state index contributed by atoms with van der Waals surface area (Å²) in [5, 5.41) is 3.29. The van der Waals surface area contributed by atoms with Crippen molar-refractivity contribution in [1.29, 1.82) is 0 Å². The van der Waals surface area contributed by atoms with Gasteiger partial charge in [0, 0.05) is 25.8 Å². The Morgan fingerprint density at radius 3 is 2.79 bits per heavy atom. The van der Waals surface area contributed by atoms with Crippen LogP contribution in [0.5, 0.6) is 5.75 Å². The summed E-state index contributed by atoms with van der Waals surface area (Å²) in [6.45, 7) is 7.81. The molecule has 0 saturated carbocycles. The minimum atomic E-state index is -0.260. The van der Waals surface area contributed by atoms with Crippen LogP contribution in [0.4, 0.5) is 4.39 Å². The molecule has 1 N–H and O–H groups in total. The van der Waals surface area contributed by atoms with Crippen molar-refractivity contribution in [3.05, 3.63) is 29.6 Å². The molecule has 1 rings (SSSR count). The quantitative estimate of drug-likeness (QED) is 0.662. The molecule has 3 nitrogen and oxygen atoms in total. The van der Waals surface area contributed by atoms with E-state index in [0.717, 1.165) is 44.7 Å². The SMILES string of the molecule is CCOCCCCNCCOc1cc(F)ccc1C. The molecule has 0 bridgehead atoms. The van der Waals surface area contributed by atoms with Gasteiger partial charge in [0.05, 0.1) is 0 Å². The maximum atomic E-state index is 13.0. The van der Waals surface area contributed by atoms with E-state index in [9.17, 15) is 4.39 Å². The first kappa shape index (κ1) is 15.9. The number of aryl methyl sites for hydroxylation is 1. The van der Waals surface area contributed by atoms with Crippen molar-refractivity contribution in [2.75, 3.05) is 32.9 Å². The Hall–Kier alpha value is -1.13. The van der Waals surface area contributed by atoms with E-state index >= 15 is 0 Å². The van der Waals surface area contributed by atoms with Crippen molar-refractivity contribution in [3.63, 3.8) is 0 Å². The van der Waals surface area contributed by atoms with Crippen LogP contribution in [0.3, 0.4) is 0 Å². The van der Waals surface area contributed by atoms with E-state index in [2.05, 4.69) is 5.32 Å². The van der Waals surface area contributed by atoms with Gasteiger partial charge in [-0.1, -0.05) is 6.07 Å². The maximum Gasteiger partial charge on any atom is 0.126 e. The Bertz CT molecular complexity index is 358. The summed E-state index contributed by atoms with van der Waals surface area (Å²) in [4.78, 5) is 0.